The van der Waals surface area contributed by atoms with Crippen LogP contribution in [0.2, 0.25) is 0 Å². The molecular weight excluding hydrogens is 545 g/mol. The average molecular weight is 574 g/mol. The highest BCUT2D eigenvalue weighted by atomic mass is 19.1. The molecule has 216 valence electrons. The number of Topliss-reactive ketones (excluding diaryl/α,β-unsaturated/α-hetero) is 1. The minimum Gasteiger partial charge on any atom is -0.454 e. The van der Waals surface area contributed by atoms with Gasteiger partial charge in [0.15, 0.2) is 17.3 Å². The fourth-order valence-corrected chi connectivity index (χ4v) is 5.25. The summed E-state index contributed by atoms with van der Waals surface area (Å²) in [5.74, 6) is -1.28. The Morgan fingerprint density at radius 1 is 1.10 bits per heavy atom. The maximum Gasteiger partial charge on any atom is 0.249 e. The van der Waals surface area contributed by atoms with Gasteiger partial charge in [-0.3, -0.25) is 19.3 Å². The van der Waals surface area contributed by atoms with Gasteiger partial charge in [0.2, 0.25) is 18.6 Å². The standard InChI is InChI=1S/C30H28FN5O6/c1-18(37)22-13-26-27(42-17-41-26)14-25(22)36(28(38)16-35-24-7-3-2-6-23(24)33-34-35)29(19-8-10-20(31)11-9-19)30(39)32-15-21-5-4-12-40-21/h2-3,6-11,13-14,21,29H,4-5,12,15-17H2,1H3,(H,32,39)/t21-,29+/m1/s1. The van der Waals surface area contributed by atoms with Gasteiger partial charge < -0.3 is 19.5 Å². The van der Waals surface area contributed by atoms with E-state index in [4.69, 9.17) is 14.2 Å². The lowest BCUT2D eigenvalue weighted by atomic mass is 9.99. The first kappa shape index (κ1) is 27.3. The predicted octanol–water partition coefficient (Wildman–Crippen LogP) is 3.57. The van der Waals surface area contributed by atoms with Crippen LogP contribution >= 0.6 is 0 Å². The number of carbonyl (C=O) groups excluding carboxylic acids is 3. The highest BCUT2D eigenvalue weighted by molar-refractivity contribution is 6.08. The molecule has 11 nitrogen and oxygen atoms in total. The van der Waals surface area contributed by atoms with Crippen molar-refractivity contribution < 1.29 is 33.0 Å². The SMILES string of the molecule is CC(=O)c1cc2c(cc1N(C(=O)Cn1nnc3ccccc31)[C@H](C(=O)NC[C@H]1CCCO1)c1ccc(F)cc1)OCO2. The first-order valence-electron chi connectivity index (χ1n) is 13.6. The molecule has 0 spiro atoms. The number of halogens is 1. The van der Waals surface area contributed by atoms with E-state index >= 15 is 0 Å². The van der Waals surface area contributed by atoms with Crippen molar-refractivity contribution in [2.75, 3.05) is 24.8 Å². The molecule has 2 aliphatic rings. The molecular formula is C30H28FN5O6. The van der Waals surface area contributed by atoms with Crippen LogP contribution in [0.5, 0.6) is 11.5 Å². The van der Waals surface area contributed by atoms with E-state index in [1.54, 1.807) is 18.2 Å². The van der Waals surface area contributed by atoms with Crippen molar-refractivity contribution in [2.45, 2.75) is 38.5 Å². The van der Waals surface area contributed by atoms with Gasteiger partial charge in [0.05, 0.1) is 17.3 Å². The summed E-state index contributed by atoms with van der Waals surface area (Å²) in [5, 5.41) is 11.2. The van der Waals surface area contributed by atoms with Gasteiger partial charge in [0.1, 0.15) is 23.9 Å². The number of nitrogens with zero attached hydrogens (tertiary/aromatic N) is 4. The minimum atomic E-state index is -1.28. The highest BCUT2D eigenvalue weighted by Crippen LogP contribution is 2.41. The Morgan fingerprint density at radius 3 is 2.60 bits per heavy atom. The molecule has 1 fully saturated rings. The molecule has 0 bridgehead atoms. The van der Waals surface area contributed by atoms with Gasteiger partial charge in [-0.05, 0) is 55.7 Å². The van der Waals surface area contributed by atoms with Gasteiger partial charge >= 0.3 is 0 Å². The summed E-state index contributed by atoms with van der Waals surface area (Å²) in [4.78, 5) is 42.5. The van der Waals surface area contributed by atoms with Crippen LogP contribution in [0.3, 0.4) is 0 Å². The second kappa shape index (κ2) is 11.6. The molecule has 0 radical (unpaired) electrons. The first-order chi connectivity index (χ1) is 20.4. The van der Waals surface area contributed by atoms with E-state index in [0.29, 0.717) is 34.7 Å². The van der Waals surface area contributed by atoms with Crippen molar-refractivity contribution in [3.8, 4) is 11.5 Å². The summed E-state index contributed by atoms with van der Waals surface area (Å²) < 4.78 is 32.2. The molecule has 6 rings (SSSR count). The summed E-state index contributed by atoms with van der Waals surface area (Å²) in [7, 11) is 0. The molecule has 42 heavy (non-hydrogen) atoms. The molecule has 0 unspecified atom stereocenters. The molecule has 2 atom stereocenters. The van der Waals surface area contributed by atoms with Gasteiger partial charge in [0.25, 0.3) is 0 Å². The quantitative estimate of drug-likeness (QED) is 0.302. The third-order valence-electron chi connectivity index (χ3n) is 7.32. The monoisotopic (exact) mass is 573 g/mol. The van der Waals surface area contributed by atoms with Crippen LogP contribution < -0.4 is 19.7 Å². The van der Waals surface area contributed by atoms with Gasteiger partial charge in [-0.15, -0.1) is 5.10 Å². The molecule has 1 aromatic heterocycles. The molecule has 2 aliphatic heterocycles. The first-order valence-corrected chi connectivity index (χ1v) is 13.6. The summed E-state index contributed by atoms with van der Waals surface area (Å²) in [6.45, 7) is 1.84. The van der Waals surface area contributed by atoms with Crippen LogP contribution in [-0.4, -0.2) is 58.6 Å². The molecule has 4 aromatic rings. The van der Waals surface area contributed by atoms with Gasteiger partial charge in [-0.25, -0.2) is 9.07 Å². The zero-order chi connectivity index (χ0) is 29.2. The third kappa shape index (κ3) is 5.40. The Kier molecular flexibility index (Phi) is 7.53. The largest absolute Gasteiger partial charge is 0.454 e. The maximum atomic E-state index is 14.4. The second-order valence-electron chi connectivity index (χ2n) is 10.1. The smallest absolute Gasteiger partial charge is 0.249 e. The molecule has 1 saturated heterocycles. The van der Waals surface area contributed by atoms with E-state index in [0.717, 1.165) is 12.8 Å². The van der Waals surface area contributed by atoms with Crippen LogP contribution in [0, 0.1) is 5.82 Å². The third-order valence-corrected chi connectivity index (χ3v) is 7.32. The van der Waals surface area contributed by atoms with Crippen LogP contribution in [0.4, 0.5) is 10.1 Å². The van der Waals surface area contributed by atoms with Crippen LogP contribution in [-0.2, 0) is 20.9 Å². The van der Waals surface area contributed by atoms with Crippen LogP contribution in [0.1, 0.15) is 41.7 Å². The fourth-order valence-electron chi connectivity index (χ4n) is 5.25. The Balaban J connectivity index is 1.47. The summed E-state index contributed by atoms with van der Waals surface area (Å²) in [6.07, 6.45) is 1.52. The van der Waals surface area contributed by atoms with Crippen molar-refractivity contribution in [3.05, 3.63) is 77.6 Å². The minimum absolute atomic E-state index is 0.0573. The van der Waals surface area contributed by atoms with E-state index in [2.05, 4.69) is 15.6 Å². The Morgan fingerprint density at radius 2 is 1.86 bits per heavy atom. The van der Waals surface area contributed by atoms with E-state index in [-0.39, 0.29) is 43.0 Å². The number of ether oxygens (including phenoxy) is 3. The number of nitrogens with one attached hydrogen (secondary N) is 1. The highest BCUT2D eigenvalue weighted by Gasteiger charge is 2.37. The predicted molar refractivity (Wildman–Crippen MR) is 149 cm³/mol. The molecule has 12 heteroatoms. The topological polar surface area (TPSA) is 125 Å². The number of hydrogen-bond donors (Lipinski definition) is 1. The molecule has 3 aromatic carbocycles. The average Bonchev–Trinajstić information content (AvgIpc) is 3.76. The van der Waals surface area contributed by atoms with Crippen LogP contribution in [0.15, 0.2) is 60.7 Å². The van der Waals surface area contributed by atoms with Crippen LogP contribution in [0.25, 0.3) is 11.0 Å². The summed E-state index contributed by atoms with van der Waals surface area (Å²) in [5.41, 5.74) is 1.83. The van der Waals surface area contributed by atoms with E-state index < -0.39 is 23.7 Å². The summed E-state index contributed by atoms with van der Waals surface area (Å²) in [6, 6.07) is 14.2. The second-order valence-corrected chi connectivity index (χ2v) is 10.1. The van der Waals surface area contributed by atoms with Crippen molar-refractivity contribution in [3.63, 3.8) is 0 Å². The Labute approximate surface area is 240 Å². The van der Waals surface area contributed by atoms with Crippen molar-refractivity contribution >= 4 is 34.3 Å². The number of ketones is 1. The van der Waals surface area contributed by atoms with Crippen molar-refractivity contribution in [2.24, 2.45) is 0 Å². The number of anilines is 1. The number of amides is 2. The summed E-state index contributed by atoms with van der Waals surface area (Å²) >= 11 is 0. The van der Waals surface area contributed by atoms with E-state index in [9.17, 15) is 18.8 Å². The zero-order valence-corrected chi connectivity index (χ0v) is 22.8. The van der Waals surface area contributed by atoms with Crippen molar-refractivity contribution in [1.82, 2.24) is 20.3 Å². The van der Waals surface area contributed by atoms with Crippen molar-refractivity contribution in [1.29, 1.82) is 0 Å². The number of para-hydroxylation sites is 1. The van der Waals surface area contributed by atoms with E-state index in [1.165, 1.54) is 52.9 Å². The lowest BCUT2D eigenvalue weighted by molar-refractivity contribution is -0.127. The fraction of sp³-hybridized carbons (Fsp3) is 0.300. The molecule has 0 saturated carbocycles. The molecule has 3 heterocycles. The van der Waals surface area contributed by atoms with Gasteiger partial charge in [0, 0.05) is 24.8 Å². The number of hydrogen-bond acceptors (Lipinski definition) is 8. The molecule has 1 N–H and O–H groups in total. The maximum absolute atomic E-state index is 14.4. The normalized spacial score (nSPS) is 16.4. The van der Waals surface area contributed by atoms with Gasteiger partial charge in [-0.1, -0.05) is 29.5 Å². The Bertz CT molecular complexity index is 1650. The number of aromatic nitrogens is 3. The Hall–Kier alpha value is -4.84. The van der Waals surface area contributed by atoms with E-state index in [1.807, 2.05) is 6.07 Å². The molecule has 0 aliphatic carbocycles. The number of rotatable bonds is 9. The number of fused-ring (bicyclic) bond motifs is 2. The molecule has 2 amide bonds. The van der Waals surface area contributed by atoms with Gasteiger partial charge in [-0.2, -0.15) is 0 Å². The lowest BCUT2D eigenvalue weighted by Crippen LogP contribution is -2.47. The lowest BCUT2D eigenvalue weighted by Gasteiger charge is -2.33. The number of carbonyl (C=O) groups is 3. The number of benzene rings is 3. The zero-order valence-electron chi connectivity index (χ0n) is 22.8.